The molecule has 0 aromatic carbocycles. The highest BCUT2D eigenvalue weighted by atomic mass is 16.5. The van der Waals surface area contributed by atoms with Crippen LogP contribution in [0.25, 0.3) is 5.65 Å². The summed E-state index contributed by atoms with van der Waals surface area (Å²) in [4.78, 5) is 28.3. The SMILES string of the molecule is Cc1nc2cc(=O)[nH]n2c(C)c1CNC(=O)C1(N)CCOCC1. The first-order valence-corrected chi connectivity index (χ1v) is 7.63. The van der Waals surface area contributed by atoms with E-state index in [0.717, 1.165) is 17.0 Å². The number of rotatable bonds is 3. The largest absolute Gasteiger partial charge is 0.381 e. The average molecular weight is 319 g/mol. The molecule has 23 heavy (non-hydrogen) atoms. The molecular formula is C15H21N5O3. The molecule has 1 fully saturated rings. The van der Waals surface area contributed by atoms with Crippen LogP contribution >= 0.6 is 0 Å². The van der Waals surface area contributed by atoms with E-state index < -0.39 is 5.54 Å². The van der Waals surface area contributed by atoms with Gasteiger partial charge in [0.25, 0.3) is 5.56 Å². The molecular weight excluding hydrogens is 298 g/mol. The maximum atomic E-state index is 12.4. The van der Waals surface area contributed by atoms with E-state index in [4.69, 9.17) is 10.5 Å². The lowest BCUT2D eigenvalue weighted by Crippen LogP contribution is -2.56. The minimum absolute atomic E-state index is 0.180. The van der Waals surface area contributed by atoms with E-state index in [1.807, 2.05) is 13.8 Å². The molecule has 1 amide bonds. The zero-order chi connectivity index (χ0) is 16.6. The lowest BCUT2D eigenvalue weighted by atomic mass is 9.90. The van der Waals surface area contributed by atoms with E-state index >= 15 is 0 Å². The summed E-state index contributed by atoms with van der Waals surface area (Å²) in [5, 5.41) is 5.60. The number of aryl methyl sites for hydroxylation is 2. The molecule has 0 unspecified atom stereocenters. The molecule has 1 aliphatic heterocycles. The second kappa shape index (κ2) is 5.78. The van der Waals surface area contributed by atoms with E-state index in [-0.39, 0.29) is 11.5 Å². The summed E-state index contributed by atoms with van der Waals surface area (Å²) in [5.41, 5.74) is 8.15. The summed E-state index contributed by atoms with van der Waals surface area (Å²) in [6.07, 6.45) is 1.03. The van der Waals surface area contributed by atoms with Crippen molar-refractivity contribution in [3.05, 3.63) is 33.4 Å². The number of nitrogens with two attached hydrogens (primary N) is 1. The number of nitrogens with zero attached hydrogens (tertiary/aromatic N) is 2. The van der Waals surface area contributed by atoms with Crippen molar-refractivity contribution in [1.82, 2.24) is 19.9 Å². The Morgan fingerprint density at radius 1 is 1.48 bits per heavy atom. The number of fused-ring (bicyclic) bond motifs is 1. The van der Waals surface area contributed by atoms with Crippen LogP contribution < -0.4 is 16.6 Å². The summed E-state index contributed by atoms with van der Waals surface area (Å²) in [6, 6.07) is 1.44. The highest BCUT2D eigenvalue weighted by Gasteiger charge is 2.35. The van der Waals surface area contributed by atoms with Crippen LogP contribution in [0.4, 0.5) is 0 Å². The number of carbonyl (C=O) groups is 1. The van der Waals surface area contributed by atoms with Crippen molar-refractivity contribution in [2.75, 3.05) is 13.2 Å². The van der Waals surface area contributed by atoms with E-state index in [0.29, 0.717) is 38.2 Å². The van der Waals surface area contributed by atoms with Crippen LogP contribution in [0.5, 0.6) is 0 Å². The van der Waals surface area contributed by atoms with Gasteiger partial charge in [0.15, 0.2) is 5.65 Å². The average Bonchev–Trinajstić information content (AvgIpc) is 2.88. The monoisotopic (exact) mass is 319 g/mol. The van der Waals surface area contributed by atoms with Crippen molar-refractivity contribution < 1.29 is 9.53 Å². The summed E-state index contributed by atoms with van der Waals surface area (Å²) in [6.45, 7) is 5.06. The highest BCUT2D eigenvalue weighted by Crippen LogP contribution is 2.19. The lowest BCUT2D eigenvalue weighted by Gasteiger charge is -2.31. The number of ether oxygens (including phenoxy) is 1. The van der Waals surface area contributed by atoms with Crippen molar-refractivity contribution in [3.63, 3.8) is 0 Å². The van der Waals surface area contributed by atoms with Gasteiger partial charge < -0.3 is 15.8 Å². The Morgan fingerprint density at radius 3 is 2.87 bits per heavy atom. The Kier molecular flexibility index (Phi) is 3.95. The van der Waals surface area contributed by atoms with Gasteiger partial charge in [0, 0.05) is 42.8 Å². The van der Waals surface area contributed by atoms with Crippen LogP contribution in [0.3, 0.4) is 0 Å². The van der Waals surface area contributed by atoms with Crippen LogP contribution in [0.15, 0.2) is 10.9 Å². The molecule has 0 saturated carbocycles. The first-order valence-electron chi connectivity index (χ1n) is 7.63. The second-order valence-corrected chi connectivity index (χ2v) is 6.03. The number of aromatic amines is 1. The predicted molar refractivity (Wildman–Crippen MR) is 84.1 cm³/mol. The van der Waals surface area contributed by atoms with Gasteiger partial charge in [-0.05, 0) is 26.7 Å². The van der Waals surface area contributed by atoms with Gasteiger partial charge in [-0.15, -0.1) is 0 Å². The van der Waals surface area contributed by atoms with Crippen molar-refractivity contribution in [3.8, 4) is 0 Å². The van der Waals surface area contributed by atoms with Gasteiger partial charge in [0.1, 0.15) is 0 Å². The third-order valence-electron chi connectivity index (χ3n) is 4.47. The molecule has 8 nitrogen and oxygen atoms in total. The zero-order valence-electron chi connectivity index (χ0n) is 13.3. The number of carbonyl (C=O) groups excluding carboxylic acids is 1. The molecule has 3 heterocycles. The van der Waals surface area contributed by atoms with Crippen molar-refractivity contribution >= 4 is 11.6 Å². The van der Waals surface area contributed by atoms with Crippen molar-refractivity contribution in [2.24, 2.45) is 5.73 Å². The minimum Gasteiger partial charge on any atom is -0.381 e. The molecule has 1 aliphatic rings. The Balaban J connectivity index is 1.81. The fourth-order valence-corrected chi connectivity index (χ4v) is 2.92. The van der Waals surface area contributed by atoms with Gasteiger partial charge in [0.05, 0.1) is 5.54 Å². The van der Waals surface area contributed by atoms with E-state index in [1.54, 1.807) is 4.52 Å². The van der Waals surface area contributed by atoms with Crippen molar-refractivity contribution in [1.29, 1.82) is 0 Å². The molecule has 0 spiro atoms. The number of aromatic nitrogens is 3. The van der Waals surface area contributed by atoms with Crippen molar-refractivity contribution in [2.45, 2.75) is 38.8 Å². The van der Waals surface area contributed by atoms with Crippen LogP contribution in [0.2, 0.25) is 0 Å². The van der Waals surface area contributed by atoms with E-state index in [9.17, 15) is 9.59 Å². The van der Waals surface area contributed by atoms with Gasteiger partial charge in [-0.1, -0.05) is 0 Å². The highest BCUT2D eigenvalue weighted by molar-refractivity contribution is 5.86. The summed E-state index contributed by atoms with van der Waals surface area (Å²) < 4.78 is 6.89. The van der Waals surface area contributed by atoms with E-state index in [2.05, 4.69) is 15.4 Å². The Morgan fingerprint density at radius 2 is 2.17 bits per heavy atom. The molecule has 0 aliphatic carbocycles. The Labute approximate surface area is 133 Å². The molecule has 2 aromatic heterocycles. The van der Waals surface area contributed by atoms with Crippen LogP contribution in [0, 0.1) is 13.8 Å². The standard InChI is InChI=1S/C15H21N5O3/c1-9-11(10(2)20-12(18-9)7-13(21)19-20)8-17-14(22)15(16)3-5-23-6-4-15/h7H,3-6,8,16H2,1-2H3,(H,17,22)(H,19,21). The molecule has 0 radical (unpaired) electrons. The van der Waals surface area contributed by atoms with E-state index in [1.165, 1.54) is 6.07 Å². The van der Waals surface area contributed by atoms with Gasteiger partial charge in [-0.25, -0.2) is 9.50 Å². The first kappa shape index (κ1) is 15.7. The molecule has 4 N–H and O–H groups in total. The quantitative estimate of drug-likeness (QED) is 0.722. The zero-order valence-corrected chi connectivity index (χ0v) is 13.3. The smallest absolute Gasteiger partial charge is 0.266 e. The maximum Gasteiger partial charge on any atom is 0.266 e. The molecule has 2 aromatic rings. The van der Waals surface area contributed by atoms with Crippen LogP contribution in [0.1, 0.15) is 29.8 Å². The van der Waals surface area contributed by atoms with Crippen LogP contribution in [-0.4, -0.2) is 39.3 Å². The Bertz CT molecular complexity index is 801. The summed E-state index contributed by atoms with van der Waals surface area (Å²) in [5.74, 6) is -0.180. The topological polar surface area (TPSA) is 115 Å². The van der Waals surface area contributed by atoms with Gasteiger partial charge in [0.2, 0.25) is 5.91 Å². The molecule has 8 heteroatoms. The number of nitrogens with one attached hydrogen (secondary N) is 2. The third-order valence-corrected chi connectivity index (χ3v) is 4.47. The maximum absolute atomic E-state index is 12.4. The minimum atomic E-state index is -0.876. The summed E-state index contributed by atoms with van der Waals surface area (Å²) >= 11 is 0. The first-order chi connectivity index (χ1) is 10.9. The fourth-order valence-electron chi connectivity index (χ4n) is 2.92. The second-order valence-electron chi connectivity index (χ2n) is 6.03. The van der Waals surface area contributed by atoms with Gasteiger partial charge in [-0.2, -0.15) is 0 Å². The lowest BCUT2D eigenvalue weighted by molar-refractivity contribution is -0.129. The number of hydrogen-bond donors (Lipinski definition) is 3. The number of H-pyrrole nitrogens is 1. The predicted octanol–water partition coefficient (Wildman–Crippen LogP) is -0.236. The van der Waals surface area contributed by atoms with Gasteiger partial charge in [-0.3, -0.25) is 14.7 Å². The van der Waals surface area contributed by atoms with Crippen LogP contribution in [-0.2, 0) is 16.1 Å². The molecule has 124 valence electrons. The number of amides is 1. The molecule has 0 atom stereocenters. The normalized spacial score (nSPS) is 17.3. The summed E-state index contributed by atoms with van der Waals surface area (Å²) in [7, 11) is 0. The molecule has 1 saturated heterocycles. The molecule has 0 bridgehead atoms. The number of hydrogen-bond acceptors (Lipinski definition) is 5. The Hall–Kier alpha value is -2.19. The third kappa shape index (κ3) is 2.87. The fraction of sp³-hybridized carbons (Fsp3) is 0.533. The van der Waals surface area contributed by atoms with Gasteiger partial charge >= 0.3 is 0 Å². The molecule has 3 rings (SSSR count).